The Hall–Kier alpha value is -2.24. The molecule has 6 heteroatoms. The van der Waals surface area contributed by atoms with E-state index in [0.29, 0.717) is 30.2 Å². The highest BCUT2D eigenvalue weighted by atomic mass is 16.5. The van der Waals surface area contributed by atoms with Crippen LogP contribution in [-0.2, 0) is 9.53 Å². The molecule has 110 valence electrons. The van der Waals surface area contributed by atoms with Crippen LogP contribution in [0, 0.1) is 0 Å². The molecule has 0 spiro atoms. The summed E-state index contributed by atoms with van der Waals surface area (Å²) in [7, 11) is 1.29. The maximum atomic E-state index is 12.3. The zero-order valence-corrected chi connectivity index (χ0v) is 12.0. The van der Waals surface area contributed by atoms with Gasteiger partial charge in [-0.2, -0.15) is 0 Å². The lowest BCUT2D eigenvalue weighted by atomic mass is 10.1. The number of carbonyl (C=O) groups excluding carboxylic acids is 2. The van der Waals surface area contributed by atoms with Gasteiger partial charge in [0, 0.05) is 12.1 Å². The van der Waals surface area contributed by atoms with Crippen molar-refractivity contribution in [3.8, 4) is 5.75 Å². The van der Waals surface area contributed by atoms with Crippen molar-refractivity contribution >= 4 is 17.6 Å². The number of amides is 1. The average molecular weight is 280 g/mol. The SMILES string of the molecule is CCOc1ccc(C(=O)N(CC)CC(=O)OC)cc1N. The van der Waals surface area contributed by atoms with Crippen LogP contribution in [0.2, 0.25) is 0 Å². The number of benzene rings is 1. The Morgan fingerprint density at radius 1 is 1.30 bits per heavy atom. The number of ether oxygens (including phenoxy) is 2. The molecule has 6 nitrogen and oxygen atoms in total. The van der Waals surface area contributed by atoms with E-state index in [1.54, 1.807) is 25.1 Å². The van der Waals surface area contributed by atoms with Gasteiger partial charge >= 0.3 is 5.97 Å². The molecule has 0 radical (unpaired) electrons. The monoisotopic (exact) mass is 280 g/mol. The van der Waals surface area contributed by atoms with Crippen LogP contribution in [0.15, 0.2) is 18.2 Å². The smallest absolute Gasteiger partial charge is 0.325 e. The molecule has 0 atom stereocenters. The van der Waals surface area contributed by atoms with Crippen molar-refractivity contribution in [3.05, 3.63) is 23.8 Å². The molecule has 0 saturated heterocycles. The van der Waals surface area contributed by atoms with Crippen molar-refractivity contribution in [2.75, 3.05) is 32.5 Å². The zero-order valence-electron chi connectivity index (χ0n) is 12.0. The molecule has 1 aromatic rings. The summed E-state index contributed by atoms with van der Waals surface area (Å²) in [5, 5.41) is 0. The Bertz CT molecular complexity index is 488. The molecule has 0 fully saturated rings. The highest BCUT2D eigenvalue weighted by Gasteiger charge is 2.18. The topological polar surface area (TPSA) is 81.9 Å². The summed E-state index contributed by atoms with van der Waals surface area (Å²) in [6.07, 6.45) is 0. The second-order valence-corrected chi connectivity index (χ2v) is 4.08. The van der Waals surface area contributed by atoms with E-state index in [4.69, 9.17) is 10.5 Å². The first-order valence-corrected chi connectivity index (χ1v) is 6.41. The number of nitrogens with two attached hydrogens (primary N) is 1. The van der Waals surface area contributed by atoms with Gasteiger partial charge in [-0.1, -0.05) is 0 Å². The first-order valence-electron chi connectivity index (χ1n) is 6.41. The fourth-order valence-electron chi connectivity index (χ4n) is 1.70. The largest absolute Gasteiger partial charge is 0.492 e. The standard InChI is InChI=1S/C14H20N2O4/c1-4-16(9-13(17)19-3)14(18)10-6-7-12(20-5-2)11(15)8-10/h6-8H,4-5,9,15H2,1-3H3. The predicted molar refractivity (Wildman–Crippen MR) is 75.6 cm³/mol. The number of likely N-dealkylation sites (N-methyl/N-ethyl adjacent to an activating group) is 1. The Balaban J connectivity index is 2.89. The number of nitrogens with zero attached hydrogens (tertiary/aromatic N) is 1. The number of nitrogen functional groups attached to an aromatic ring is 1. The normalized spacial score (nSPS) is 9.95. The minimum Gasteiger partial charge on any atom is -0.492 e. The van der Waals surface area contributed by atoms with Gasteiger partial charge in [-0.15, -0.1) is 0 Å². The van der Waals surface area contributed by atoms with E-state index < -0.39 is 5.97 Å². The molecule has 0 aliphatic rings. The molecule has 0 aliphatic heterocycles. The van der Waals surface area contributed by atoms with E-state index in [1.165, 1.54) is 12.0 Å². The second kappa shape index (κ2) is 7.37. The number of rotatable bonds is 6. The van der Waals surface area contributed by atoms with Crippen LogP contribution in [0.3, 0.4) is 0 Å². The van der Waals surface area contributed by atoms with Gasteiger partial charge in [0.15, 0.2) is 0 Å². The first kappa shape index (κ1) is 15.8. The maximum Gasteiger partial charge on any atom is 0.325 e. The van der Waals surface area contributed by atoms with Crippen molar-refractivity contribution < 1.29 is 19.1 Å². The number of hydrogen-bond donors (Lipinski definition) is 1. The summed E-state index contributed by atoms with van der Waals surface area (Å²) in [6.45, 7) is 4.47. The van der Waals surface area contributed by atoms with Gasteiger partial charge in [-0.05, 0) is 32.0 Å². The van der Waals surface area contributed by atoms with E-state index in [2.05, 4.69) is 4.74 Å². The van der Waals surface area contributed by atoms with E-state index >= 15 is 0 Å². The molecule has 20 heavy (non-hydrogen) atoms. The van der Waals surface area contributed by atoms with E-state index in [0.717, 1.165) is 0 Å². The quantitative estimate of drug-likeness (QED) is 0.627. The number of esters is 1. The molecule has 1 rings (SSSR count). The number of carbonyl (C=O) groups is 2. The van der Waals surface area contributed by atoms with Crippen LogP contribution in [0.5, 0.6) is 5.75 Å². The highest BCUT2D eigenvalue weighted by molar-refractivity contribution is 5.97. The Labute approximate surface area is 118 Å². The number of methoxy groups -OCH3 is 1. The molecule has 1 amide bonds. The summed E-state index contributed by atoms with van der Waals surface area (Å²) in [5.74, 6) is -0.188. The molecule has 0 aromatic heterocycles. The van der Waals surface area contributed by atoms with E-state index in [9.17, 15) is 9.59 Å². The highest BCUT2D eigenvalue weighted by Crippen LogP contribution is 2.23. The minimum absolute atomic E-state index is 0.0844. The van der Waals surface area contributed by atoms with Crippen LogP contribution < -0.4 is 10.5 Å². The van der Waals surface area contributed by atoms with Crippen molar-refractivity contribution in [3.63, 3.8) is 0 Å². The van der Waals surface area contributed by atoms with Crippen LogP contribution in [0.4, 0.5) is 5.69 Å². The fraction of sp³-hybridized carbons (Fsp3) is 0.429. The maximum absolute atomic E-state index is 12.3. The molecule has 0 unspecified atom stereocenters. The molecular weight excluding hydrogens is 260 g/mol. The molecule has 1 aromatic carbocycles. The Morgan fingerprint density at radius 2 is 2.00 bits per heavy atom. The third-order valence-corrected chi connectivity index (χ3v) is 2.77. The summed E-state index contributed by atoms with van der Waals surface area (Å²) >= 11 is 0. The third kappa shape index (κ3) is 3.88. The summed E-state index contributed by atoms with van der Waals surface area (Å²) in [4.78, 5) is 24.9. The Morgan fingerprint density at radius 3 is 2.50 bits per heavy atom. The van der Waals surface area contributed by atoms with Crippen LogP contribution in [-0.4, -0.2) is 43.6 Å². The van der Waals surface area contributed by atoms with Gasteiger partial charge in [-0.25, -0.2) is 0 Å². The van der Waals surface area contributed by atoms with E-state index in [1.807, 2.05) is 6.92 Å². The lowest BCUT2D eigenvalue weighted by molar-refractivity contribution is -0.141. The minimum atomic E-state index is -0.459. The van der Waals surface area contributed by atoms with Crippen molar-refractivity contribution in [1.82, 2.24) is 4.90 Å². The van der Waals surface area contributed by atoms with Gasteiger partial charge in [-0.3, -0.25) is 9.59 Å². The lowest BCUT2D eigenvalue weighted by Gasteiger charge is -2.20. The van der Waals surface area contributed by atoms with Gasteiger partial charge in [0.2, 0.25) is 0 Å². The van der Waals surface area contributed by atoms with Crippen LogP contribution in [0.1, 0.15) is 24.2 Å². The number of anilines is 1. The summed E-state index contributed by atoms with van der Waals surface area (Å²) < 4.78 is 9.88. The average Bonchev–Trinajstić information content (AvgIpc) is 2.46. The van der Waals surface area contributed by atoms with Gasteiger partial charge < -0.3 is 20.1 Å². The zero-order chi connectivity index (χ0) is 15.1. The van der Waals surface area contributed by atoms with Crippen LogP contribution in [0.25, 0.3) is 0 Å². The van der Waals surface area contributed by atoms with Gasteiger partial charge in [0.1, 0.15) is 12.3 Å². The fourth-order valence-corrected chi connectivity index (χ4v) is 1.70. The molecule has 0 saturated carbocycles. The summed E-state index contributed by atoms with van der Waals surface area (Å²) in [6, 6.07) is 4.83. The van der Waals surface area contributed by atoms with Crippen molar-refractivity contribution in [2.45, 2.75) is 13.8 Å². The second-order valence-electron chi connectivity index (χ2n) is 4.08. The van der Waals surface area contributed by atoms with Crippen molar-refractivity contribution in [2.24, 2.45) is 0 Å². The first-order chi connectivity index (χ1) is 9.53. The summed E-state index contributed by atoms with van der Waals surface area (Å²) in [5.41, 5.74) is 6.64. The van der Waals surface area contributed by atoms with Crippen LogP contribution >= 0.6 is 0 Å². The lowest BCUT2D eigenvalue weighted by Crippen LogP contribution is -2.36. The predicted octanol–water partition coefficient (Wildman–Crippen LogP) is 1.30. The Kier molecular flexibility index (Phi) is 5.83. The van der Waals surface area contributed by atoms with E-state index in [-0.39, 0.29) is 12.5 Å². The molecular formula is C14H20N2O4. The molecule has 2 N–H and O–H groups in total. The van der Waals surface area contributed by atoms with Gasteiger partial charge in [0.05, 0.1) is 19.4 Å². The number of hydrogen-bond acceptors (Lipinski definition) is 5. The molecule has 0 bridgehead atoms. The van der Waals surface area contributed by atoms with Crippen molar-refractivity contribution in [1.29, 1.82) is 0 Å². The molecule has 0 aliphatic carbocycles. The molecule has 0 heterocycles. The van der Waals surface area contributed by atoms with Gasteiger partial charge in [0.25, 0.3) is 5.91 Å². The third-order valence-electron chi connectivity index (χ3n) is 2.77.